The van der Waals surface area contributed by atoms with Crippen molar-refractivity contribution < 1.29 is 9.59 Å². The molecule has 0 bridgehead atoms. The molecule has 0 aliphatic heterocycles. The predicted octanol–water partition coefficient (Wildman–Crippen LogP) is 3.73. The van der Waals surface area contributed by atoms with E-state index in [9.17, 15) is 9.59 Å². The van der Waals surface area contributed by atoms with Gasteiger partial charge >= 0.3 is 6.03 Å². The minimum atomic E-state index is -0.237. The molecule has 0 fully saturated rings. The molecule has 2 rings (SSSR count). The van der Waals surface area contributed by atoms with Gasteiger partial charge in [0.15, 0.2) is 0 Å². The van der Waals surface area contributed by atoms with E-state index in [2.05, 4.69) is 16.0 Å². The summed E-state index contributed by atoms with van der Waals surface area (Å²) in [4.78, 5) is 23.6. The van der Waals surface area contributed by atoms with Crippen molar-refractivity contribution in [2.24, 2.45) is 0 Å². The topological polar surface area (TPSA) is 70.2 Å². The molecule has 0 atom stereocenters. The van der Waals surface area contributed by atoms with Gasteiger partial charge in [0.2, 0.25) is 5.91 Å². The average molecular weight is 360 g/mol. The maximum absolute atomic E-state index is 12.0. The lowest BCUT2D eigenvalue weighted by molar-refractivity contribution is -0.120. The minimum Gasteiger partial charge on any atom is -0.352 e. The number of amides is 3. The highest BCUT2D eigenvalue weighted by molar-refractivity contribution is 6.30. The van der Waals surface area contributed by atoms with Crippen molar-refractivity contribution in [3.63, 3.8) is 0 Å². The lowest BCUT2D eigenvalue weighted by atomic mass is 10.1. The number of halogens is 1. The first-order chi connectivity index (χ1) is 11.9. The lowest BCUT2D eigenvalue weighted by Crippen LogP contribution is -2.34. The van der Waals surface area contributed by atoms with Crippen LogP contribution in [0.15, 0.2) is 48.5 Å². The monoisotopic (exact) mass is 359 g/mol. The molecule has 5 nitrogen and oxygen atoms in total. The van der Waals surface area contributed by atoms with Gasteiger partial charge in [-0.3, -0.25) is 4.79 Å². The standard InChI is InChI=1S/C19H22ClN3O2/c1-13(2)22-19(25)23-17-9-5-15(6-10-17)12-21-18(24)11-14-3-7-16(20)8-4-14/h3-10,13H,11-12H2,1-2H3,(H,21,24)(H2,22,23,25). The SMILES string of the molecule is CC(C)NC(=O)Nc1ccc(CNC(=O)Cc2ccc(Cl)cc2)cc1. The van der Waals surface area contributed by atoms with Crippen LogP contribution in [0.1, 0.15) is 25.0 Å². The Labute approximate surface area is 152 Å². The summed E-state index contributed by atoms with van der Waals surface area (Å²) in [6.45, 7) is 4.23. The first-order valence-corrected chi connectivity index (χ1v) is 8.48. The third-order valence-corrected chi connectivity index (χ3v) is 3.65. The Morgan fingerprint density at radius 2 is 1.56 bits per heavy atom. The van der Waals surface area contributed by atoms with Gasteiger partial charge in [0.05, 0.1) is 6.42 Å². The third-order valence-electron chi connectivity index (χ3n) is 3.40. The molecule has 0 aliphatic rings. The predicted molar refractivity (Wildman–Crippen MR) is 101 cm³/mol. The van der Waals surface area contributed by atoms with E-state index in [1.54, 1.807) is 24.3 Å². The quantitative estimate of drug-likeness (QED) is 0.735. The first kappa shape index (κ1) is 18.8. The number of rotatable bonds is 6. The molecule has 132 valence electrons. The number of carbonyl (C=O) groups excluding carboxylic acids is 2. The van der Waals surface area contributed by atoms with Crippen LogP contribution in [-0.4, -0.2) is 18.0 Å². The van der Waals surface area contributed by atoms with Crippen LogP contribution in [-0.2, 0) is 17.8 Å². The van der Waals surface area contributed by atoms with Gasteiger partial charge in [-0.05, 0) is 49.2 Å². The second-order valence-electron chi connectivity index (χ2n) is 6.03. The Bertz CT molecular complexity index is 712. The van der Waals surface area contributed by atoms with Crippen molar-refractivity contribution in [2.45, 2.75) is 32.9 Å². The Morgan fingerprint density at radius 1 is 0.960 bits per heavy atom. The molecule has 25 heavy (non-hydrogen) atoms. The van der Waals surface area contributed by atoms with E-state index in [-0.39, 0.29) is 18.0 Å². The number of hydrogen-bond acceptors (Lipinski definition) is 2. The van der Waals surface area contributed by atoms with E-state index < -0.39 is 0 Å². The van der Waals surface area contributed by atoms with Crippen LogP contribution in [0.25, 0.3) is 0 Å². The van der Waals surface area contributed by atoms with Gasteiger partial charge in [0.1, 0.15) is 0 Å². The highest BCUT2D eigenvalue weighted by atomic mass is 35.5. The van der Waals surface area contributed by atoms with Crippen molar-refractivity contribution in [1.82, 2.24) is 10.6 Å². The molecular formula is C19H22ClN3O2. The summed E-state index contributed by atoms with van der Waals surface area (Å²) in [6.07, 6.45) is 0.312. The molecule has 0 saturated heterocycles. The van der Waals surface area contributed by atoms with Crippen molar-refractivity contribution in [3.8, 4) is 0 Å². The number of nitrogens with one attached hydrogen (secondary N) is 3. The maximum atomic E-state index is 12.0. The fourth-order valence-corrected chi connectivity index (χ4v) is 2.31. The fourth-order valence-electron chi connectivity index (χ4n) is 2.19. The van der Waals surface area contributed by atoms with Crippen LogP contribution in [0, 0.1) is 0 Å². The summed E-state index contributed by atoms with van der Waals surface area (Å²) in [5.41, 5.74) is 2.58. The molecule has 0 radical (unpaired) electrons. The Hall–Kier alpha value is -2.53. The first-order valence-electron chi connectivity index (χ1n) is 8.10. The second kappa shape index (κ2) is 9.08. The Kier molecular flexibility index (Phi) is 6.83. The summed E-state index contributed by atoms with van der Waals surface area (Å²) in [6, 6.07) is 14.4. The summed E-state index contributed by atoms with van der Waals surface area (Å²) in [7, 11) is 0. The second-order valence-corrected chi connectivity index (χ2v) is 6.47. The summed E-state index contributed by atoms with van der Waals surface area (Å²) >= 11 is 5.83. The van der Waals surface area contributed by atoms with Gasteiger partial charge in [0.25, 0.3) is 0 Å². The normalized spacial score (nSPS) is 10.4. The van der Waals surface area contributed by atoms with Gasteiger partial charge in [-0.2, -0.15) is 0 Å². The van der Waals surface area contributed by atoms with E-state index in [0.29, 0.717) is 23.7 Å². The zero-order valence-corrected chi connectivity index (χ0v) is 15.1. The van der Waals surface area contributed by atoms with Crippen LogP contribution in [0.2, 0.25) is 5.02 Å². The van der Waals surface area contributed by atoms with E-state index >= 15 is 0 Å². The molecule has 0 unspecified atom stereocenters. The summed E-state index contributed by atoms with van der Waals surface area (Å²) < 4.78 is 0. The number of benzene rings is 2. The van der Waals surface area contributed by atoms with Crippen molar-refractivity contribution in [1.29, 1.82) is 0 Å². The number of hydrogen-bond donors (Lipinski definition) is 3. The smallest absolute Gasteiger partial charge is 0.319 e. The molecule has 2 aromatic carbocycles. The molecule has 3 amide bonds. The van der Waals surface area contributed by atoms with Gasteiger partial charge in [-0.15, -0.1) is 0 Å². The third kappa shape index (κ3) is 6.85. The zero-order valence-electron chi connectivity index (χ0n) is 14.3. The number of carbonyl (C=O) groups is 2. The average Bonchev–Trinajstić information content (AvgIpc) is 2.55. The van der Waals surface area contributed by atoms with Gasteiger partial charge in [0, 0.05) is 23.3 Å². The molecule has 6 heteroatoms. The zero-order chi connectivity index (χ0) is 18.2. The number of anilines is 1. The van der Waals surface area contributed by atoms with Crippen molar-refractivity contribution in [2.75, 3.05) is 5.32 Å². The van der Waals surface area contributed by atoms with E-state index in [0.717, 1.165) is 11.1 Å². The molecule has 0 aliphatic carbocycles. The summed E-state index contributed by atoms with van der Waals surface area (Å²) in [5, 5.41) is 9.04. The highest BCUT2D eigenvalue weighted by Gasteiger charge is 2.05. The van der Waals surface area contributed by atoms with Crippen LogP contribution >= 0.6 is 11.6 Å². The fraction of sp³-hybridized carbons (Fsp3) is 0.263. The Morgan fingerprint density at radius 3 is 2.16 bits per heavy atom. The minimum absolute atomic E-state index is 0.0548. The van der Waals surface area contributed by atoms with E-state index in [4.69, 9.17) is 11.6 Å². The molecule has 0 heterocycles. The summed E-state index contributed by atoms with van der Waals surface area (Å²) in [5.74, 6) is -0.0548. The lowest BCUT2D eigenvalue weighted by Gasteiger charge is -2.11. The van der Waals surface area contributed by atoms with Crippen LogP contribution in [0.5, 0.6) is 0 Å². The highest BCUT2D eigenvalue weighted by Crippen LogP contribution is 2.11. The molecular weight excluding hydrogens is 338 g/mol. The number of urea groups is 1. The molecule has 0 saturated carbocycles. The Balaban J connectivity index is 1.79. The molecule has 0 spiro atoms. The van der Waals surface area contributed by atoms with Crippen molar-refractivity contribution >= 4 is 29.2 Å². The van der Waals surface area contributed by atoms with Crippen LogP contribution in [0.4, 0.5) is 10.5 Å². The maximum Gasteiger partial charge on any atom is 0.319 e. The van der Waals surface area contributed by atoms with Gasteiger partial charge in [-0.1, -0.05) is 35.9 Å². The van der Waals surface area contributed by atoms with Crippen LogP contribution in [0.3, 0.4) is 0 Å². The van der Waals surface area contributed by atoms with Crippen LogP contribution < -0.4 is 16.0 Å². The van der Waals surface area contributed by atoms with Gasteiger partial charge < -0.3 is 16.0 Å². The van der Waals surface area contributed by atoms with E-state index in [1.807, 2.05) is 38.1 Å². The molecule has 0 aromatic heterocycles. The van der Waals surface area contributed by atoms with Crippen molar-refractivity contribution in [3.05, 3.63) is 64.7 Å². The van der Waals surface area contributed by atoms with Gasteiger partial charge in [-0.25, -0.2) is 4.79 Å². The van der Waals surface area contributed by atoms with E-state index in [1.165, 1.54) is 0 Å². The molecule has 2 aromatic rings. The molecule has 3 N–H and O–H groups in total. The largest absolute Gasteiger partial charge is 0.352 e.